The highest BCUT2D eigenvalue weighted by atomic mass is 19.3. The van der Waals surface area contributed by atoms with Gasteiger partial charge in [0.15, 0.2) is 5.69 Å². The van der Waals surface area contributed by atoms with E-state index in [1.54, 1.807) is 13.1 Å². The lowest BCUT2D eigenvalue weighted by atomic mass is 10.0. The number of aliphatic imine (C=N–C) groups is 1. The summed E-state index contributed by atoms with van der Waals surface area (Å²) >= 11 is 0. The lowest BCUT2D eigenvalue weighted by Crippen LogP contribution is -2.31. The number of ether oxygens (including phenoxy) is 1. The fourth-order valence-corrected chi connectivity index (χ4v) is 2.89. The first-order valence-corrected chi connectivity index (χ1v) is 8.42. The van der Waals surface area contributed by atoms with Crippen LogP contribution in [0.15, 0.2) is 23.6 Å². The van der Waals surface area contributed by atoms with Gasteiger partial charge in [-0.15, -0.1) is 0 Å². The molecule has 0 bridgehead atoms. The van der Waals surface area contributed by atoms with Gasteiger partial charge in [-0.05, 0) is 13.0 Å². The zero-order valence-corrected chi connectivity index (χ0v) is 14.9. The molecule has 3 heterocycles. The highest BCUT2D eigenvalue weighted by molar-refractivity contribution is 5.90. The Kier molecular flexibility index (Phi) is 5.33. The van der Waals surface area contributed by atoms with E-state index in [1.165, 1.54) is 12.4 Å². The standard InChI is InChI=1S/C17H20F2N6O2/c1-9(10-3-15(26)22-5-10)27-16-11(6-21-2)12(20)4-13(24-16)14-7-25(8-23-14)17(18)19/h4,6-10,17H,3,5H2,1-2H3,(H3,20,21,22,24,26)/p+1/t9-,10-/m1/s1. The fraction of sp³-hybridized carbons (Fsp3) is 0.412. The second-order valence-electron chi connectivity index (χ2n) is 6.34. The van der Waals surface area contributed by atoms with E-state index >= 15 is 0 Å². The third-order valence-corrected chi connectivity index (χ3v) is 4.43. The Morgan fingerprint density at radius 2 is 2.30 bits per heavy atom. The molecular weight excluding hydrogens is 358 g/mol. The number of nitrogens with zero attached hydrogens (tertiary/aromatic N) is 3. The van der Waals surface area contributed by atoms with Crippen LogP contribution in [-0.4, -0.2) is 41.8 Å². The summed E-state index contributed by atoms with van der Waals surface area (Å²) in [7, 11) is 1.59. The number of pyridine rings is 1. The quantitative estimate of drug-likeness (QED) is 0.519. The Labute approximate surface area is 154 Å². The van der Waals surface area contributed by atoms with Gasteiger partial charge >= 0.3 is 6.55 Å². The van der Waals surface area contributed by atoms with E-state index < -0.39 is 6.55 Å². The van der Waals surface area contributed by atoms with Crippen LogP contribution in [-0.2, 0) is 4.79 Å². The Balaban J connectivity index is 1.94. The van der Waals surface area contributed by atoms with Crippen molar-refractivity contribution in [1.82, 2.24) is 15.3 Å². The van der Waals surface area contributed by atoms with E-state index in [4.69, 9.17) is 10.5 Å². The van der Waals surface area contributed by atoms with Crippen LogP contribution in [0.1, 0.15) is 25.5 Å². The van der Waals surface area contributed by atoms with Crippen molar-refractivity contribution in [1.29, 1.82) is 0 Å². The molecule has 0 aliphatic carbocycles. The Morgan fingerprint density at radius 1 is 1.52 bits per heavy atom. The summed E-state index contributed by atoms with van der Waals surface area (Å²) in [4.78, 5) is 22.6. The third-order valence-electron chi connectivity index (χ3n) is 4.43. The van der Waals surface area contributed by atoms with Crippen molar-refractivity contribution in [2.75, 3.05) is 19.3 Å². The average molecular weight is 379 g/mol. The molecular formula is C17H21F2N6O2+. The maximum atomic E-state index is 12.8. The number of amides is 1. The van der Waals surface area contributed by atoms with Crippen molar-refractivity contribution in [2.45, 2.75) is 26.0 Å². The fourth-order valence-electron chi connectivity index (χ4n) is 2.89. The van der Waals surface area contributed by atoms with Crippen LogP contribution in [0.3, 0.4) is 0 Å². The normalized spacial score (nSPS) is 18.3. The van der Waals surface area contributed by atoms with Crippen molar-refractivity contribution in [3.05, 3.63) is 24.2 Å². The van der Waals surface area contributed by atoms with Crippen LogP contribution in [0.5, 0.6) is 5.88 Å². The van der Waals surface area contributed by atoms with Gasteiger partial charge < -0.3 is 15.8 Å². The molecule has 0 saturated carbocycles. The average Bonchev–Trinajstić information content (AvgIpc) is 3.27. The molecule has 27 heavy (non-hydrogen) atoms. The number of aromatic nitrogens is 3. The zero-order valence-electron chi connectivity index (χ0n) is 14.9. The highest BCUT2D eigenvalue weighted by Crippen LogP contribution is 2.29. The number of rotatable bonds is 6. The Bertz CT molecular complexity index is 867. The van der Waals surface area contributed by atoms with Crippen LogP contribution < -0.4 is 20.4 Å². The van der Waals surface area contributed by atoms with Crippen LogP contribution >= 0.6 is 0 Å². The summed E-state index contributed by atoms with van der Waals surface area (Å²) < 4.78 is 32.3. The molecule has 0 radical (unpaired) electrons. The van der Waals surface area contributed by atoms with Crippen molar-refractivity contribution in [3.8, 4) is 17.3 Å². The summed E-state index contributed by atoms with van der Waals surface area (Å²) in [5, 5.41) is 2.77. The number of nitrogens with two attached hydrogens (primary N) is 1. The monoisotopic (exact) mass is 379 g/mol. The minimum absolute atomic E-state index is 0.00192. The molecule has 0 spiro atoms. The number of imidazole rings is 1. The first-order valence-electron chi connectivity index (χ1n) is 8.42. The van der Waals surface area contributed by atoms with Gasteiger partial charge in [-0.2, -0.15) is 13.3 Å². The molecule has 2 atom stereocenters. The molecule has 1 aliphatic heterocycles. The van der Waals surface area contributed by atoms with Gasteiger partial charge in [0.25, 0.3) is 0 Å². The van der Waals surface area contributed by atoms with Crippen molar-refractivity contribution < 1.29 is 22.9 Å². The zero-order chi connectivity index (χ0) is 19.6. The largest absolute Gasteiger partial charge is 0.474 e. The van der Waals surface area contributed by atoms with E-state index in [0.29, 0.717) is 35.6 Å². The molecule has 3 rings (SSSR count). The molecule has 0 unspecified atom stereocenters. The molecule has 2 aromatic heterocycles. The van der Waals surface area contributed by atoms with Crippen LogP contribution in [0.4, 0.5) is 14.5 Å². The maximum absolute atomic E-state index is 12.8. The number of H-pyrrole nitrogens is 1. The number of nitrogen functional groups attached to an aromatic ring is 1. The second-order valence-corrected chi connectivity index (χ2v) is 6.34. The van der Waals surface area contributed by atoms with Crippen molar-refractivity contribution in [2.24, 2.45) is 10.9 Å². The molecule has 1 amide bonds. The van der Waals surface area contributed by atoms with Crippen molar-refractivity contribution in [3.63, 3.8) is 0 Å². The first-order chi connectivity index (χ1) is 12.9. The van der Waals surface area contributed by atoms with E-state index in [1.807, 2.05) is 6.92 Å². The molecule has 0 aromatic carbocycles. The second kappa shape index (κ2) is 7.68. The lowest BCUT2D eigenvalue weighted by molar-refractivity contribution is -0.772. The number of halogens is 2. The van der Waals surface area contributed by atoms with E-state index in [9.17, 15) is 13.6 Å². The summed E-state index contributed by atoms with van der Waals surface area (Å²) in [6.45, 7) is -0.291. The lowest BCUT2D eigenvalue weighted by Gasteiger charge is -2.20. The highest BCUT2D eigenvalue weighted by Gasteiger charge is 2.29. The number of carbonyl (C=O) groups excluding carboxylic acids is 1. The number of carbonyl (C=O) groups is 1. The van der Waals surface area contributed by atoms with Gasteiger partial charge in [-0.1, -0.05) is 0 Å². The summed E-state index contributed by atoms with van der Waals surface area (Å²) in [6, 6.07) is 1.57. The molecule has 4 N–H and O–H groups in total. The number of hydrogen-bond acceptors (Lipinski definition) is 5. The molecule has 1 fully saturated rings. The number of aromatic amines is 1. The Hall–Kier alpha value is -3.04. The van der Waals surface area contributed by atoms with E-state index in [0.717, 1.165) is 10.9 Å². The maximum Gasteiger partial charge on any atom is 0.387 e. The van der Waals surface area contributed by atoms with E-state index in [-0.39, 0.29) is 23.8 Å². The summed E-state index contributed by atoms with van der Waals surface area (Å²) in [5.74, 6) is 0.220. The number of alkyl halides is 2. The first kappa shape index (κ1) is 18.7. The predicted molar refractivity (Wildman–Crippen MR) is 94.6 cm³/mol. The van der Waals surface area contributed by atoms with Gasteiger partial charge in [0.1, 0.15) is 18.0 Å². The van der Waals surface area contributed by atoms with Gasteiger partial charge in [-0.3, -0.25) is 9.79 Å². The molecule has 10 heteroatoms. The minimum atomic E-state index is -2.66. The molecule has 144 valence electrons. The molecule has 8 nitrogen and oxygen atoms in total. The number of anilines is 1. The SMILES string of the molecule is CN=Cc1c(N)cc(-c2c[n+](C(F)F)c[nH]2)nc1O[C@H](C)[C@H]1CNC(=O)C1. The Morgan fingerprint density at radius 3 is 2.89 bits per heavy atom. The van der Waals surface area contributed by atoms with Gasteiger partial charge in [0.05, 0.1) is 5.56 Å². The third kappa shape index (κ3) is 4.04. The number of nitrogens with one attached hydrogen (secondary N) is 2. The van der Waals surface area contributed by atoms with Crippen LogP contribution in [0.2, 0.25) is 0 Å². The minimum Gasteiger partial charge on any atom is -0.474 e. The number of hydrogen-bond donors (Lipinski definition) is 3. The van der Waals surface area contributed by atoms with E-state index in [2.05, 4.69) is 20.3 Å². The molecule has 1 saturated heterocycles. The summed E-state index contributed by atoms with van der Waals surface area (Å²) in [6.07, 6.45) is 3.99. The summed E-state index contributed by atoms with van der Waals surface area (Å²) in [5.41, 5.74) is 7.71. The molecule has 1 aliphatic rings. The molecule has 2 aromatic rings. The van der Waals surface area contributed by atoms with Crippen LogP contribution in [0, 0.1) is 5.92 Å². The van der Waals surface area contributed by atoms with Crippen molar-refractivity contribution >= 4 is 17.8 Å². The van der Waals surface area contributed by atoms with Gasteiger partial charge in [0.2, 0.25) is 18.1 Å². The predicted octanol–water partition coefficient (Wildman–Crippen LogP) is 1.29. The smallest absolute Gasteiger partial charge is 0.387 e. The van der Waals surface area contributed by atoms with Crippen LogP contribution in [0.25, 0.3) is 11.4 Å². The van der Waals surface area contributed by atoms with Gasteiger partial charge in [-0.25, -0.2) is 9.97 Å². The van der Waals surface area contributed by atoms with Gasteiger partial charge in [0, 0.05) is 37.8 Å². The topological polar surface area (TPSA) is 109 Å².